The van der Waals surface area contributed by atoms with Gasteiger partial charge < -0.3 is 15.0 Å². The van der Waals surface area contributed by atoms with E-state index in [0.29, 0.717) is 6.04 Å². The minimum atomic E-state index is 0.408. The van der Waals surface area contributed by atoms with E-state index >= 15 is 0 Å². The van der Waals surface area contributed by atoms with E-state index < -0.39 is 0 Å². The molecule has 2 aliphatic rings. The Bertz CT molecular complexity index is 386. The van der Waals surface area contributed by atoms with E-state index in [9.17, 15) is 0 Å². The van der Waals surface area contributed by atoms with E-state index in [1.807, 2.05) is 0 Å². The Kier molecular flexibility index (Phi) is 2.39. The summed E-state index contributed by atoms with van der Waals surface area (Å²) in [6, 6.07) is 6.90. The van der Waals surface area contributed by atoms with Gasteiger partial charge in [0.15, 0.2) is 0 Å². The van der Waals surface area contributed by atoms with Crippen LogP contribution in [0.1, 0.15) is 19.8 Å². The average molecular weight is 218 g/mol. The summed E-state index contributed by atoms with van der Waals surface area (Å²) in [6.07, 6.45) is 2.63. The second kappa shape index (κ2) is 3.89. The van der Waals surface area contributed by atoms with Crippen molar-refractivity contribution in [2.45, 2.75) is 25.8 Å². The average Bonchev–Trinajstić information content (AvgIpc) is 2.82. The van der Waals surface area contributed by atoms with Crippen LogP contribution in [-0.2, 0) is 0 Å². The van der Waals surface area contributed by atoms with Gasteiger partial charge >= 0.3 is 0 Å². The Balaban J connectivity index is 1.87. The first kappa shape index (κ1) is 9.82. The molecule has 1 atom stereocenters. The van der Waals surface area contributed by atoms with Gasteiger partial charge in [-0.1, -0.05) is 0 Å². The third-order valence-electron chi connectivity index (χ3n) is 3.33. The quantitative estimate of drug-likeness (QED) is 0.783. The number of rotatable bonds is 1. The SMILES string of the molecule is CC1COc2cc(N3CCCC3)ccc2N1. The van der Waals surface area contributed by atoms with Crippen molar-refractivity contribution in [2.75, 3.05) is 29.9 Å². The Hall–Kier alpha value is -1.38. The molecule has 3 heteroatoms. The Morgan fingerprint density at radius 3 is 2.94 bits per heavy atom. The highest BCUT2D eigenvalue weighted by atomic mass is 16.5. The highest BCUT2D eigenvalue weighted by Crippen LogP contribution is 2.33. The molecule has 0 spiro atoms. The number of ether oxygens (including phenoxy) is 1. The fraction of sp³-hybridized carbons (Fsp3) is 0.538. The molecule has 0 aromatic heterocycles. The molecular weight excluding hydrogens is 200 g/mol. The molecular formula is C13H18N2O. The summed E-state index contributed by atoms with van der Waals surface area (Å²) < 4.78 is 5.75. The van der Waals surface area contributed by atoms with Crippen molar-refractivity contribution in [3.8, 4) is 5.75 Å². The van der Waals surface area contributed by atoms with E-state index in [2.05, 4.69) is 35.3 Å². The van der Waals surface area contributed by atoms with Crippen LogP contribution in [0.5, 0.6) is 5.75 Å². The fourth-order valence-corrected chi connectivity index (χ4v) is 2.44. The van der Waals surface area contributed by atoms with E-state index in [1.165, 1.54) is 31.6 Å². The molecule has 0 radical (unpaired) electrons. The van der Waals surface area contributed by atoms with Crippen molar-refractivity contribution >= 4 is 11.4 Å². The van der Waals surface area contributed by atoms with Gasteiger partial charge in [-0.25, -0.2) is 0 Å². The van der Waals surface area contributed by atoms with Gasteiger partial charge in [-0.2, -0.15) is 0 Å². The van der Waals surface area contributed by atoms with Gasteiger partial charge in [0.25, 0.3) is 0 Å². The molecule has 1 unspecified atom stereocenters. The van der Waals surface area contributed by atoms with Gasteiger partial charge in [0, 0.05) is 24.8 Å². The zero-order valence-electron chi connectivity index (χ0n) is 9.70. The van der Waals surface area contributed by atoms with Crippen LogP contribution in [0.15, 0.2) is 18.2 Å². The maximum Gasteiger partial charge on any atom is 0.144 e. The number of hydrogen-bond donors (Lipinski definition) is 1. The summed E-state index contributed by atoms with van der Waals surface area (Å²) in [5.41, 5.74) is 2.43. The second-order valence-corrected chi connectivity index (χ2v) is 4.73. The Labute approximate surface area is 96.4 Å². The molecule has 3 nitrogen and oxygen atoms in total. The second-order valence-electron chi connectivity index (χ2n) is 4.73. The highest BCUT2D eigenvalue weighted by Gasteiger charge is 2.18. The zero-order valence-corrected chi connectivity index (χ0v) is 9.70. The predicted octanol–water partition coefficient (Wildman–Crippen LogP) is 2.48. The number of nitrogens with one attached hydrogen (secondary N) is 1. The number of anilines is 2. The Morgan fingerprint density at radius 1 is 1.31 bits per heavy atom. The van der Waals surface area contributed by atoms with Gasteiger partial charge in [-0.05, 0) is 31.9 Å². The minimum absolute atomic E-state index is 0.408. The first-order valence-corrected chi connectivity index (χ1v) is 6.11. The summed E-state index contributed by atoms with van der Waals surface area (Å²) in [4.78, 5) is 2.43. The summed E-state index contributed by atoms with van der Waals surface area (Å²) in [5.74, 6) is 1.00. The van der Waals surface area contributed by atoms with Crippen molar-refractivity contribution < 1.29 is 4.74 Å². The number of benzene rings is 1. The first-order valence-electron chi connectivity index (χ1n) is 6.11. The Morgan fingerprint density at radius 2 is 2.12 bits per heavy atom. The lowest BCUT2D eigenvalue weighted by Crippen LogP contribution is -2.28. The summed E-state index contributed by atoms with van der Waals surface area (Å²) >= 11 is 0. The van der Waals surface area contributed by atoms with Crippen molar-refractivity contribution in [3.05, 3.63) is 18.2 Å². The molecule has 1 aromatic rings. The van der Waals surface area contributed by atoms with Crippen molar-refractivity contribution in [3.63, 3.8) is 0 Å². The van der Waals surface area contributed by atoms with Crippen LogP contribution >= 0.6 is 0 Å². The maximum absolute atomic E-state index is 5.75. The fourth-order valence-electron chi connectivity index (χ4n) is 2.44. The highest BCUT2D eigenvalue weighted by molar-refractivity contribution is 5.66. The van der Waals surface area contributed by atoms with E-state index in [1.54, 1.807) is 0 Å². The van der Waals surface area contributed by atoms with Gasteiger partial charge in [-0.3, -0.25) is 0 Å². The van der Waals surface area contributed by atoms with E-state index in [4.69, 9.17) is 4.74 Å². The molecule has 0 amide bonds. The standard InChI is InChI=1S/C13H18N2O/c1-10-9-16-13-8-11(4-5-12(13)14-10)15-6-2-3-7-15/h4-5,8,10,14H,2-3,6-7,9H2,1H3. The molecule has 2 heterocycles. The lowest BCUT2D eigenvalue weighted by molar-refractivity contribution is 0.292. The smallest absolute Gasteiger partial charge is 0.144 e. The first-order chi connectivity index (χ1) is 7.83. The third-order valence-corrected chi connectivity index (χ3v) is 3.33. The number of nitrogens with zero attached hydrogens (tertiary/aromatic N) is 1. The van der Waals surface area contributed by atoms with Crippen molar-refractivity contribution in [2.24, 2.45) is 0 Å². The molecule has 2 aliphatic heterocycles. The van der Waals surface area contributed by atoms with Crippen LogP contribution in [0.2, 0.25) is 0 Å². The van der Waals surface area contributed by atoms with Crippen LogP contribution in [0, 0.1) is 0 Å². The molecule has 16 heavy (non-hydrogen) atoms. The molecule has 1 saturated heterocycles. The zero-order chi connectivity index (χ0) is 11.0. The van der Waals surface area contributed by atoms with E-state index in [-0.39, 0.29) is 0 Å². The number of fused-ring (bicyclic) bond motifs is 1. The summed E-state index contributed by atoms with van der Waals surface area (Å²) in [5, 5.41) is 3.43. The normalized spacial score (nSPS) is 23.6. The minimum Gasteiger partial charge on any atom is -0.489 e. The largest absolute Gasteiger partial charge is 0.489 e. The van der Waals surface area contributed by atoms with Gasteiger partial charge in [0.2, 0.25) is 0 Å². The van der Waals surface area contributed by atoms with Crippen LogP contribution in [0.4, 0.5) is 11.4 Å². The molecule has 0 aliphatic carbocycles. The lowest BCUT2D eigenvalue weighted by atomic mass is 10.2. The van der Waals surface area contributed by atoms with Crippen LogP contribution in [-0.4, -0.2) is 25.7 Å². The summed E-state index contributed by atoms with van der Waals surface area (Å²) in [6.45, 7) is 5.26. The van der Waals surface area contributed by atoms with Gasteiger partial charge in [0.05, 0.1) is 11.7 Å². The monoisotopic (exact) mass is 218 g/mol. The van der Waals surface area contributed by atoms with Gasteiger partial charge in [-0.15, -0.1) is 0 Å². The van der Waals surface area contributed by atoms with Crippen LogP contribution in [0.25, 0.3) is 0 Å². The predicted molar refractivity (Wildman–Crippen MR) is 66.5 cm³/mol. The molecule has 0 saturated carbocycles. The molecule has 1 N–H and O–H groups in total. The van der Waals surface area contributed by atoms with Crippen LogP contribution < -0.4 is 15.0 Å². The van der Waals surface area contributed by atoms with E-state index in [0.717, 1.165) is 18.0 Å². The third kappa shape index (κ3) is 1.70. The molecule has 1 aromatic carbocycles. The summed E-state index contributed by atoms with van der Waals surface area (Å²) in [7, 11) is 0. The number of hydrogen-bond acceptors (Lipinski definition) is 3. The maximum atomic E-state index is 5.75. The molecule has 3 rings (SSSR count). The van der Waals surface area contributed by atoms with Crippen molar-refractivity contribution in [1.29, 1.82) is 0 Å². The molecule has 1 fully saturated rings. The lowest BCUT2D eigenvalue weighted by Gasteiger charge is -2.27. The van der Waals surface area contributed by atoms with Crippen molar-refractivity contribution in [1.82, 2.24) is 0 Å². The topological polar surface area (TPSA) is 24.5 Å². The van der Waals surface area contributed by atoms with Gasteiger partial charge in [0.1, 0.15) is 12.4 Å². The molecule has 86 valence electrons. The van der Waals surface area contributed by atoms with Crippen LogP contribution in [0.3, 0.4) is 0 Å². The molecule has 0 bridgehead atoms.